The number of rotatable bonds is 5. The van der Waals surface area contributed by atoms with Gasteiger partial charge in [-0.15, -0.1) is 0 Å². The highest BCUT2D eigenvalue weighted by Gasteiger charge is 2.21. The van der Waals surface area contributed by atoms with E-state index in [1.165, 1.54) is 0 Å². The van der Waals surface area contributed by atoms with E-state index in [2.05, 4.69) is 25.4 Å². The van der Waals surface area contributed by atoms with Crippen LogP contribution in [0.15, 0.2) is 36.5 Å². The SMILES string of the molecule is CC(C)(C)NC(=O)CN1CCCN(CC(=O)Nc2cccc3ncccc23)CC1. The molecule has 0 aliphatic carbocycles. The molecule has 2 heterocycles. The molecule has 2 aromatic rings. The van der Waals surface area contributed by atoms with Crippen LogP contribution in [-0.4, -0.2) is 71.4 Å². The van der Waals surface area contributed by atoms with Gasteiger partial charge in [-0.1, -0.05) is 6.07 Å². The van der Waals surface area contributed by atoms with Crippen molar-refractivity contribution >= 4 is 28.4 Å². The van der Waals surface area contributed by atoms with Crippen molar-refractivity contribution in [2.45, 2.75) is 32.7 Å². The average Bonchev–Trinajstić information content (AvgIpc) is 2.85. The van der Waals surface area contributed by atoms with Gasteiger partial charge in [-0.2, -0.15) is 0 Å². The van der Waals surface area contributed by atoms with Crippen molar-refractivity contribution in [1.82, 2.24) is 20.1 Å². The second kappa shape index (κ2) is 9.33. The highest BCUT2D eigenvalue weighted by molar-refractivity contribution is 6.01. The molecule has 0 radical (unpaired) electrons. The standard InChI is InChI=1S/C22H31N5O2/c1-22(2,3)25-21(29)16-27-12-6-11-26(13-14-27)15-20(28)24-19-9-4-8-18-17(19)7-5-10-23-18/h4-5,7-10H,6,11-16H2,1-3H3,(H,24,28)(H,25,29). The molecule has 1 aromatic carbocycles. The number of benzene rings is 1. The van der Waals surface area contributed by atoms with Crippen LogP contribution in [0, 0.1) is 0 Å². The van der Waals surface area contributed by atoms with Gasteiger partial charge in [0.25, 0.3) is 0 Å². The third-order valence-electron chi connectivity index (χ3n) is 4.85. The van der Waals surface area contributed by atoms with Gasteiger partial charge in [0, 0.05) is 30.2 Å². The number of fused-ring (bicyclic) bond motifs is 1. The Morgan fingerprint density at radius 2 is 1.66 bits per heavy atom. The summed E-state index contributed by atoms with van der Waals surface area (Å²) in [5.41, 5.74) is 1.43. The normalized spacial score (nSPS) is 16.4. The minimum atomic E-state index is -0.218. The summed E-state index contributed by atoms with van der Waals surface area (Å²) in [6.07, 6.45) is 2.69. The number of hydrogen-bond donors (Lipinski definition) is 2. The van der Waals surface area contributed by atoms with E-state index in [1.54, 1.807) is 6.20 Å². The van der Waals surface area contributed by atoms with Gasteiger partial charge in [0.2, 0.25) is 11.8 Å². The highest BCUT2D eigenvalue weighted by Crippen LogP contribution is 2.21. The molecule has 29 heavy (non-hydrogen) atoms. The molecule has 7 heteroatoms. The molecule has 1 aliphatic rings. The van der Waals surface area contributed by atoms with Gasteiger partial charge >= 0.3 is 0 Å². The van der Waals surface area contributed by atoms with E-state index in [1.807, 2.05) is 51.1 Å². The summed E-state index contributed by atoms with van der Waals surface area (Å²) in [6, 6.07) is 9.57. The molecular weight excluding hydrogens is 366 g/mol. The monoisotopic (exact) mass is 397 g/mol. The number of carbonyl (C=O) groups is 2. The van der Waals surface area contributed by atoms with Gasteiger partial charge in [-0.05, 0) is 64.5 Å². The van der Waals surface area contributed by atoms with E-state index in [9.17, 15) is 9.59 Å². The molecule has 0 saturated carbocycles. The first kappa shape index (κ1) is 21.2. The zero-order valence-electron chi connectivity index (χ0n) is 17.6. The van der Waals surface area contributed by atoms with E-state index < -0.39 is 0 Å². The van der Waals surface area contributed by atoms with Crippen LogP contribution in [0.1, 0.15) is 27.2 Å². The summed E-state index contributed by atoms with van der Waals surface area (Å²) in [7, 11) is 0. The average molecular weight is 398 g/mol. The van der Waals surface area contributed by atoms with Crippen molar-refractivity contribution in [2.75, 3.05) is 44.6 Å². The van der Waals surface area contributed by atoms with E-state index in [4.69, 9.17) is 0 Å². The molecule has 1 fully saturated rings. The Morgan fingerprint density at radius 3 is 2.34 bits per heavy atom. The van der Waals surface area contributed by atoms with Crippen LogP contribution in [0.4, 0.5) is 5.69 Å². The third kappa shape index (κ3) is 6.51. The Bertz CT molecular complexity index is 856. The number of nitrogens with zero attached hydrogens (tertiary/aromatic N) is 3. The molecule has 1 saturated heterocycles. The van der Waals surface area contributed by atoms with E-state index in [0.717, 1.165) is 49.2 Å². The first-order valence-electron chi connectivity index (χ1n) is 10.2. The fourth-order valence-electron chi connectivity index (χ4n) is 3.61. The van der Waals surface area contributed by atoms with Crippen molar-refractivity contribution in [3.8, 4) is 0 Å². The fraction of sp³-hybridized carbons (Fsp3) is 0.500. The summed E-state index contributed by atoms with van der Waals surface area (Å²) in [4.78, 5) is 33.4. The first-order valence-corrected chi connectivity index (χ1v) is 10.2. The molecule has 1 aromatic heterocycles. The van der Waals surface area contributed by atoms with Gasteiger partial charge < -0.3 is 10.6 Å². The lowest BCUT2D eigenvalue weighted by Gasteiger charge is -2.25. The van der Waals surface area contributed by atoms with Crippen molar-refractivity contribution < 1.29 is 9.59 Å². The zero-order valence-corrected chi connectivity index (χ0v) is 17.6. The smallest absolute Gasteiger partial charge is 0.238 e. The molecule has 3 rings (SSSR count). The second-order valence-electron chi connectivity index (χ2n) is 8.63. The van der Waals surface area contributed by atoms with Crippen molar-refractivity contribution in [3.63, 3.8) is 0 Å². The maximum absolute atomic E-state index is 12.6. The lowest BCUT2D eigenvalue weighted by atomic mass is 10.1. The number of pyridine rings is 1. The molecule has 2 N–H and O–H groups in total. The van der Waals surface area contributed by atoms with E-state index in [0.29, 0.717) is 13.1 Å². The van der Waals surface area contributed by atoms with Crippen molar-refractivity contribution in [3.05, 3.63) is 36.5 Å². The van der Waals surface area contributed by atoms with Gasteiger partial charge in [0.1, 0.15) is 0 Å². The molecule has 0 atom stereocenters. The van der Waals surface area contributed by atoms with E-state index in [-0.39, 0.29) is 17.4 Å². The minimum Gasteiger partial charge on any atom is -0.350 e. The van der Waals surface area contributed by atoms with Crippen LogP contribution < -0.4 is 10.6 Å². The number of nitrogens with one attached hydrogen (secondary N) is 2. The Hall–Kier alpha value is -2.51. The first-order chi connectivity index (χ1) is 13.8. The van der Waals surface area contributed by atoms with Gasteiger partial charge in [-0.3, -0.25) is 24.4 Å². The lowest BCUT2D eigenvalue weighted by molar-refractivity contribution is -0.123. The second-order valence-corrected chi connectivity index (χ2v) is 8.63. The Kier molecular flexibility index (Phi) is 6.82. The molecule has 156 valence electrons. The molecule has 2 amide bonds. The Balaban J connectivity index is 1.51. The maximum atomic E-state index is 12.6. The molecule has 0 unspecified atom stereocenters. The van der Waals surface area contributed by atoms with Gasteiger partial charge in [0.05, 0.1) is 24.3 Å². The lowest BCUT2D eigenvalue weighted by Crippen LogP contribution is -2.46. The Morgan fingerprint density at radius 1 is 0.966 bits per heavy atom. The highest BCUT2D eigenvalue weighted by atomic mass is 16.2. The van der Waals surface area contributed by atoms with Gasteiger partial charge in [-0.25, -0.2) is 0 Å². The van der Waals surface area contributed by atoms with Crippen molar-refractivity contribution in [1.29, 1.82) is 0 Å². The molecular formula is C22H31N5O2. The van der Waals surface area contributed by atoms with Crippen LogP contribution in [0.2, 0.25) is 0 Å². The summed E-state index contributed by atoms with van der Waals surface area (Å²) >= 11 is 0. The molecule has 0 bridgehead atoms. The number of amides is 2. The quantitative estimate of drug-likeness (QED) is 0.808. The predicted molar refractivity (Wildman–Crippen MR) is 116 cm³/mol. The maximum Gasteiger partial charge on any atom is 0.238 e. The number of aromatic nitrogens is 1. The predicted octanol–water partition coefficient (Wildman–Crippen LogP) is 2.10. The van der Waals surface area contributed by atoms with Crippen LogP contribution in [0.5, 0.6) is 0 Å². The van der Waals surface area contributed by atoms with Crippen LogP contribution in [0.3, 0.4) is 0 Å². The van der Waals surface area contributed by atoms with Crippen LogP contribution in [-0.2, 0) is 9.59 Å². The zero-order chi connectivity index (χ0) is 20.9. The fourth-order valence-corrected chi connectivity index (χ4v) is 3.61. The topological polar surface area (TPSA) is 77.6 Å². The molecule has 7 nitrogen and oxygen atoms in total. The number of anilines is 1. The third-order valence-corrected chi connectivity index (χ3v) is 4.85. The number of hydrogen-bond acceptors (Lipinski definition) is 5. The van der Waals surface area contributed by atoms with Crippen molar-refractivity contribution in [2.24, 2.45) is 0 Å². The van der Waals surface area contributed by atoms with Crippen LogP contribution >= 0.6 is 0 Å². The Labute approximate surface area is 172 Å². The van der Waals surface area contributed by atoms with Crippen LogP contribution in [0.25, 0.3) is 10.9 Å². The van der Waals surface area contributed by atoms with Gasteiger partial charge in [0.15, 0.2) is 0 Å². The number of carbonyl (C=O) groups excluding carboxylic acids is 2. The summed E-state index contributed by atoms with van der Waals surface area (Å²) in [5.74, 6) is 0.0218. The summed E-state index contributed by atoms with van der Waals surface area (Å²) in [6.45, 7) is 9.97. The summed E-state index contributed by atoms with van der Waals surface area (Å²) in [5, 5.41) is 6.97. The van der Waals surface area contributed by atoms with E-state index >= 15 is 0 Å². The molecule has 1 aliphatic heterocycles. The minimum absolute atomic E-state index is 0.0275. The largest absolute Gasteiger partial charge is 0.350 e. The summed E-state index contributed by atoms with van der Waals surface area (Å²) < 4.78 is 0. The molecule has 0 spiro atoms.